The molecule has 0 bridgehead atoms. The van der Waals surface area contributed by atoms with Gasteiger partial charge in [-0.1, -0.05) is 26.8 Å². The lowest BCUT2D eigenvalue weighted by atomic mass is 9.85. The number of rotatable bonds is 3. The average Bonchev–Trinajstić information content (AvgIpc) is 2.57. The molecule has 1 aliphatic heterocycles. The van der Waals surface area contributed by atoms with E-state index in [0.29, 0.717) is 31.7 Å². The number of anilines is 1. The molecule has 5 nitrogen and oxygen atoms in total. The fraction of sp³-hybridized carbons (Fsp3) is 0.611. The Morgan fingerprint density at radius 2 is 1.77 bits per heavy atom. The lowest BCUT2D eigenvalue weighted by Crippen LogP contribution is -2.52. The first-order valence-electron chi connectivity index (χ1n) is 8.64. The van der Waals surface area contributed by atoms with E-state index in [1.54, 1.807) is 15.9 Å². The zero-order chi connectivity index (χ0) is 19.5. The van der Waals surface area contributed by atoms with Crippen LogP contribution in [0.15, 0.2) is 18.2 Å². The summed E-state index contributed by atoms with van der Waals surface area (Å²) in [4.78, 5) is 15.1. The van der Waals surface area contributed by atoms with Crippen LogP contribution in [0.1, 0.15) is 31.9 Å². The molecule has 2 rings (SSSR count). The molecule has 0 atom stereocenters. The quantitative estimate of drug-likeness (QED) is 0.857. The Labute approximate surface area is 151 Å². The van der Waals surface area contributed by atoms with Crippen LogP contribution in [0.5, 0.6) is 0 Å². The topological polar surface area (TPSA) is 55.8 Å². The molecular formula is C18H26F3N3O2. The molecule has 1 saturated heterocycles. The van der Waals surface area contributed by atoms with Crippen molar-refractivity contribution in [3.05, 3.63) is 29.3 Å². The molecule has 1 fully saturated rings. The number of nitrogens with one attached hydrogen (secondary N) is 1. The van der Waals surface area contributed by atoms with Crippen LogP contribution in [0.4, 0.5) is 23.7 Å². The Kier molecular flexibility index (Phi) is 6.05. The van der Waals surface area contributed by atoms with Crippen LogP contribution in [0.2, 0.25) is 0 Å². The lowest BCUT2D eigenvalue weighted by molar-refractivity contribution is -0.137. The second-order valence-electron chi connectivity index (χ2n) is 7.41. The van der Waals surface area contributed by atoms with E-state index < -0.39 is 11.7 Å². The number of carbonyl (C=O) groups excluding carboxylic acids is 1. The van der Waals surface area contributed by atoms with E-state index in [-0.39, 0.29) is 30.3 Å². The highest BCUT2D eigenvalue weighted by atomic mass is 19.4. The van der Waals surface area contributed by atoms with Crippen LogP contribution in [-0.4, -0.2) is 55.4 Å². The third kappa shape index (κ3) is 4.81. The van der Waals surface area contributed by atoms with Crippen LogP contribution in [0.25, 0.3) is 0 Å². The van der Waals surface area contributed by atoms with E-state index in [2.05, 4.69) is 5.32 Å². The maximum absolute atomic E-state index is 13.6. The van der Waals surface area contributed by atoms with Gasteiger partial charge in [0.1, 0.15) is 0 Å². The van der Waals surface area contributed by atoms with Crippen LogP contribution in [0.3, 0.4) is 0 Å². The van der Waals surface area contributed by atoms with Crippen molar-refractivity contribution in [2.45, 2.75) is 32.4 Å². The number of aliphatic hydroxyl groups excluding tert-OH is 1. The molecule has 0 unspecified atom stereocenters. The zero-order valence-electron chi connectivity index (χ0n) is 15.4. The fourth-order valence-corrected chi connectivity index (χ4v) is 2.93. The minimum Gasteiger partial charge on any atom is -0.395 e. The highest BCUT2D eigenvalue weighted by Gasteiger charge is 2.36. The molecule has 0 aromatic heterocycles. The SMILES string of the molecule is CC(C)(C)c1ccc(N2CCN(C(=O)NCCO)CC2)c(C(F)(F)F)c1. The summed E-state index contributed by atoms with van der Waals surface area (Å²) in [5, 5.41) is 11.3. The normalized spacial score (nSPS) is 16.0. The van der Waals surface area contributed by atoms with Crippen LogP contribution in [-0.2, 0) is 11.6 Å². The predicted molar refractivity (Wildman–Crippen MR) is 94.4 cm³/mol. The van der Waals surface area contributed by atoms with E-state index in [4.69, 9.17) is 5.11 Å². The second-order valence-corrected chi connectivity index (χ2v) is 7.41. The van der Waals surface area contributed by atoms with Crippen molar-refractivity contribution >= 4 is 11.7 Å². The van der Waals surface area contributed by atoms with Gasteiger partial charge in [0.05, 0.1) is 12.2 Å². The highest BCUT2D eigenvalue weighted by molar-refractivity contribution is 5.74. The monoisotopic (exact) mass is 373 g/mol. The van der Waals surface area contributed by atoms with E-state index in [1.165, 1.54) is 12.1 Å². The van der Waals surface area contributed by atoms with Crippen LogP contribution < -0.4 is 10.2 Å². The number of amides is 2. The zero-order valence-corrected chi connectivity index (χ0v) is 15.4. The van der Waals surface area contributed by atoms with Crippen molar-refractivity contribution in [1.29, 1.82) is 0 Å². The van der Waals surface area contributed by atoms with Gasteiger partial charge in [-0.3, -0.25) is 0 Å². The second kappa shape index (κ2) is 7.73. The molecule has 0 aliphatic carbocycles. The van der Waals surface area contributed by atoms with E-state index in [1.807, 2.05) is 20.8 Å². The number of aliphatic hydroxyl groups is 1. The van der Waals surface area contributed by atoms with Gasteiger partial charge in [0.2, 0.25) is 0 Å². The Morgan fingerprint density at radius 3 is 2.27 bits per heavy atom. The van der Waals surface area contributed by atoms with Gasteiger partial charge < -0.3 is 20.2 Å². The van der Waals surface area contributed by atoms with E-state index in [0.717, 1.165) is 0 Å². The first-order valence-corrected chi connectivity index (χ1v) is 8.64. The molecule has 1 aromatic rings. The minimum absolute atomic E-state index is 0.152. The standard InChI is InChI=1S/C18H26F3N3O2/c1-17(2,3)13-4-5-15(14(12-13)18(19,20)21)23-7-9-24(10-8-23)16(26)22-6-11-25/h4-5,12,25H,6-11H2,1-3H3,(H,22,26). The summed E-state index contributed by atoms with van der Waals surface area (Å²) in [7, 11) is 0. The van der Waals surface area contributed by atoms with Crippen molar-refractivity contribution < 1.29 is 23.1 Å². The van der Waals surface area contributed by atoms with Crippen molar-refractivity contribution in [3.63, 3.8) is 0 Å². The van der Waals surface area contributed by atoms with Crippen molar-refractivity contribution in [2.24, 2.45) is 0 Å². The highest BCUT2D eigenvalue weighted by Crippen LogP contribution is 2.39. The van der Waals surface area contributed by atoms with Gasteiger partial charge in [0, 0.05) is 38.4 Å². The Morgan fingerprint density at radius 1 is 1.15 bits per heavy atom. The number of benzene rings is 1. The molecule has 2 amide bonds. The first kappa shape index (κ1) is 20.4. The molecule has 0 radical (unpaired) electrons. The van der Waals surface area contributed by atoms with Gasteiger partial charge in [-0.05, 0) is 23.1 Å². The summed E-state index contributed by atoms with van der Waals surface area (Å²) >= 11 is 0. The first-order chi connectivity index (χ1) is 12.0. The summed E-state index contributed by atoms with van der Waals surface area (Å²) in [5.74, 6) is 0. The van der Waals surface area contributed by atoms with Gasteiger partial charge in [-0.15, -0.1) is 0 Å². The smallest absolute Gasteiger partial charge is 0.395 e. The molecule has 26 heavy (non-hydrogen) atoms. The maximum atomic E-state index is 13.6. The van der Waals surface area contributed by atoms with Gasteiger partial charge in [0.15, 0.2) is 0 Å². The molecular weight excluding hydrogens is 347 g/mol. The van der Waals surface area contributed by atoms with Crippen molar-refractivity contribution in [1.82, 2.24) is 10.2 Å². The molecule has 8 heteroatoms. The Bertz CT molecular complexity index is 634. The summed E-state index contributed by atoms with van der Waals surface area (Å²) in [6, 6.07) is 4.20. The number of halogens is 3. The Hall–Kier alpha value is -1.96. The van der Waals surface area contributed by atoms with Crippen molar-refractivity contribution in [3.8, 4) is 0 Å². The number of hydrogen-bond donors (Lipinski definition) is 2. The van der Waals surface area contributed by atoms with Crippen LogP contribution >= 0.6 is 0 Å². The van der Waals surface area contributed by atoms with Crippen LogP contribution in [0, 0.1) is 0 Å². The lowest BCUT2D eigenvalue weighted by Gasteiger charge is -2.37. The number of piperazine rings is 1. The van der Waals surface area contributed by atoms with E-state index >= 15 is 0 Å². The predicted octanol–water partition coefficient (Wildman–Crippen LogP) is 2.83. The molecule has 0 spiro atoms. The van der Waals surface area contributed by atoms with Gasteiger partial charge in [-0.2, -0.15) is 13.2 Å². The third-order valence-corrected chi connectivity index (χ3v) is 4.46. The maximum Gasteiger partial charge on any atom is 0.418 e. The van der Waals surface area contributed by atoms with Gasteiger partial charge in [-0.25, -0.2) is 4.79 Å². The van der Waals surface area contributed by atoms with Gasteiger partial charge in [0.25, 0.3) is 0 Å². The molecule has 1 aliphatic rings. The number of nitrogens with zero attached hydrogens (tertiary/aromatic N) is 2. The minimum atomic E-state index is -4.44. The number of alkyl halides is 3. The van der Waals surface area contributed by atoms with Crippen molar-refractivity contribution in [2.75, 3.05) is 44.2 Å². The molecule has 146 valence electrons. The number of urea groups is 1. The fourth-order valence-electron chi connectivity index (χ4n) is 2.93. The number of hydrogen-bond acceptors (Lipinski definition) is 3. The summed E-state index contributed by atoms with van der Waals surface area (Å²) in [6.07, 6.45) is -4.44. The summed E-state index contributed by atoms with van der Waals surface area (Å²) in [5.41, 5.74) is -0.221. The molecule has 0 saturated carbocycles. The molecule has 1 heterocycles. The summed E-state index contributed by atoms with van der Waals surface area (Å²) in [6.45, 7) is 6.95. The van der Waals surface area contributed by atoms with Gasteiger partial charge >= 0.3 is 12.2 Å². The number of carbonyl (C=O) groups is 1. The largest absolute Gasteiger partial charge is 0.418 e. The third-order valence-electron chi connectivity index (χ3n) is 4.46. The molecule has 2 N–H and O–H groups in total. The Balaban J connectivity index is 2.18. The van der Waals surface area contributed by atoms with E-state index in [9.17, 15) is 18.0 Å². The molecule has 1 aromatic carbocycles. The summed E-state index contributed by atoms with van der Waals surface area (Å²) < 4.78 is 40.8. The average molecular weight is 373 g/mol.